The first-order valence-corrected chi connectivity index (χ1v) is 7.01. The zero-order valence-corrected chi connectivity index (χ0v) is 13.0. The Morgan fingerprint density at radius 1 is 1.05 bits per heavy atom. The fourth-order valence-electron chi connectivity index (χ4n) is 2.23. The van der Waals surface area contributed by atoms with Gasteiger partial charge >= 0.3 is 0 Å². The summed E-state index contributed by atoms with van der Waals surface area (Å²) in [6.45, 7) is 8.44. The SMILES string of the molecule is Cc1ccc(C(=N)N)c(Oc2ccccc2C(C)(C)C)c1. The Kier molecular flexibility index (Phi) is 4.03. The van der Waals surface area contributed by atoms with Crippen LogP contribution in [-0.2, 0) is 5.41 Å². The van der Waals surface area contributed by atoms with Crippen molar-refractivity contribution in [2.45, 2.75) is 33.1 Å². The van der Waals surface area contributed by atoms with E-state index in [9.17, 15) is 0 Å². The summed E-state index contributed by atoms with van der Waals surface area (Å²) in [5.41, 5.74) is 8.44. The number of ether oxygens (including phenoxy) is 1. The molecule has 0 fully saturated rings. The van der Waals surface area contributed by atoms with Crippen LogP contribution in [0, 0.1) is 12.3 Å². The maximum Gasteiger partial charge on any atom is 0.138 e. The van der Waals surface area contributed by atoms with Gasteiger partial charge in [-0.1, -0.05) is 45.0 Å². The number of amidine groups is 1. The van der Waals surface area contributed by atoms with E-state index in [1.165, 1.54) is 0 Å². The lowest BCUT2D eigenvalue weighted by molar-refractivity contribution is 0.454. The summed E-state index contributed by atoms with van der Waals surface area (Å²) < 4.78 is 6.09. The topological polar surface area (TPSA) is 59.1 Å². The molecule has 3 nitrogen and oxygen atoms in total. The molecule has 2 rings (SSSR count). The van der Waals surface area contributed by atoms with Crippen LogP contribution in [0.3, 0.4) is 0 Å². The van der Waals surface area contributed by atoms with Gasteiger partial charge in [0.2, 0.25) is 0 Å². The number of hydrogen-bond acceptors (Lipinski definition) is 2. The average molecular weight is 282 g/mol. The van der Waals surface area contributed by atoms with Crippen molar-refractivity contribution in [3.8, 4) is 11.5 Å². The molecular weight excluding hydrogens is 260 g/mol. The van der Waals surface area contributed by atoms with Crippen LogP contribution in [0.2, 0.25) is 0 Å². The van der Waals surface area contributed by atoms with Crippen LogP contribution in [0.1, 0.15) is 37.5 Å². The van der Waals surface area contributed by atoms with Gasteiger partial charge in [0.25, 0.3) is 0 Å². The van der Waals surface area contributed by atoms with E-state index in [0.717, 1.165) is 16.9 Å². The lowest BCUT2D eigenvalue weighted by Crippen LogP contribution is -2.14. The van der Waals surface area contributed by atoms with Crippen molar-refractivity contribution < 1.29 is 4.74 Å². The molecule has 2 aromatic rings. The van der Waals surface area contributed by atoms with Gasteiger partial charge in [-0.2, -0.15) is 0 Å². The number of nitrogens with one attached hydrogen (secondary N) is 1. The van der Waals surface area contributed by atoms with Crippen molar-refractivity contribution in [1.29, 1.82) is 5.41 Å². The van der Waals surface area contributed by atoms with Crippen molar-refractivity contribution in [1.82, 2.24) is 0 Å². The number of rotatable bonds is 3. The molecule has 2 aromatic carbocycles. The van der Waals surface area contributed by atoms with Crippen LogP contribution in [0.15, 0.2) is 42.5 Å². The fraction of sp³-hybridized carbons (Fsp3) is 0.278. The molecule has 0 amide bonds. The van der Waals surface area contributed by atoms with Crippen molar-refractivity contribution >= 4 is 5.84 Å². The predicted molar refractivity (Wildman–Crippen MR) is 87.4 cm³/mol. The highest BCUT2D eigenvalue weighted by Gasteiger charge is 2.19. The van der Waals surface area contributed by atoms with Gasteiger partial charge in [-0.05, 0) is 36.1 Å². The van der Waals surface area contributed by atoms with E-state index in [-0.39, 0.29) is 11.3 Å². The molecule has 0 aliphatic carbocycles. The second-order valence-electron chi connectivity index (χ2n) is 6.26. The minimum absolute atomic E-state index is 0.0123. The van der Waals surface area contributed by atoms with Crippen LogP contribution >= 0.6 is 0 Å². The highest BCUT2D eigenvalue weighted by atomic mass is 16.5. The lowest BCUT2D eigenvalue weighted by Gasteiger charge is -2.23. The summed E-state index contributed by atoms with van der Waals surface area (Å²) in [4.78, 5) is 0. The van der Waals surface area contributed by atoms with E-state index in [1.54, 1.807) is 0 Å². The summed E-state index contributed by atoms with van der Waals surface area (Å²) >= 11 is 0. The lowest BCUT2D eigenvalue weighted by atomic mass is 9.86. The first-order valence-electron chi connectivity index (χ1n) is 7.01. The number of nitrogens with two attached hydrogens (primary N) is 1. The second kappa shape index (κ2) is 5.60. The van der Waals surface area contributed by atoms with Crippen LogP contribution in [0.5, 0.6) is 11.5 Å². The number of nitrogen functional groups attached to an aromatic ring is 1. The molecule has 0 atom stereocenters. The van der Waals surface area contributed by atoms with Crippen molar-refractivity contribution in [3.63, 3.8) is 0 Å². The van der Waals surface area contributed by atoms with Crippen molar-refractivity contribution in [2.24, 2.45) is 5.73 Å². The highest BCUT2D eigenvalue weighted by Crippen LogP contribution is 2.35. The third-order valence-corrected chi connectivity index (χ3v) is 3.34. The Bertz CT molecular complexity index is 669. The molecule has 3 heteroatoms. The van der Waals surface area contributed by atoms with E-state index in [2.05, 4.69) is 26.8 Å². The van der Waals surface area contributed by atoms with Gasteiger partial charge in [-0.25, -0.2) is 0 Å². The van der Waals surface area contributed by atoms with Gasteiger partial charge < -0.3 is 10.5 Å². The monoisotopic (exact) mass is 282 g/mol. The standard InChI is InChI=1S/C18H22N2O/c1-12-9-10-13(17(19)20)16(11-12)21-15-8-6-5-7-14(15)18(2,3)4/h5-11H,1-4H3,(H3,19,20). The molecule has 0 radical (unpaired) electrons. The number of para-hydroxylation sites is 1. The molecule has 0 saturated heterocycles. The molecule has 0 bridgehead atoms. The third-order valence-electron chi connectivity index (χ3n) is 3.34. The Hall–Kier alpha value is -2.29. The number of benzene rings is 2. The Morgan fingerprint density at radius 2 is 1.71 bits per heavy atom. The van der Waals surface area contributed by atoms with Crippen molar-refractivity contribution in [2.75, 3.05) is 0 Å². The van der Waals surface area contributed by atoms with Crippen LogP contribution < -0.4 is 10.5 Å². The second-order valence-corrected chi connectivity index (χ2v) is 6.26. The molecule has 0 heterocycles. The summed E-state index contributed by atoms with van der Waals surface area (Å²) in [5, 5.41) is 7.69. The molecule has 3 N–H and O–H groups in total. The van der Waals surface area contributed by atoms with Gasteiger partial charge in [-0.15, -0.1) is 0 Å². The number of aryl methyl sites for hydroxylation is 1. The quantitative estimate of drug-likeness (QED) is 0.648. The minimum Gasteiger partial charge on any atom is -0.456 e. The van der Waals surface area contributed by atoms with E-state index in [1.807, 2.05) is 43.3 Å². The molecule has 0 spiro atoms. The van der Waals surface area contributed by atoms with Crippen LogP contribution in [-0.4, -0.2) is 5.84 Å². The summed E-state index contributed by atoms with van der Waals surface area (Å²) in [6, 6.07) is 13.6. The molecule has 0 aliphatic heterocycles. The first-order chi connectivity index (χ1) is 9.79. The average Bonchev–Trinajstić information content (AvgIpc) is 2.37. The zero-order chi connectivity index (χ0) is 15.6. The van der Waals surface area contributed by atoms with Crippen LogP contribution in [0.25, 0.3) is 0 Å². The molecule has 0 aliphatic rings. The molecule has 0 aromatic heterocycles. The maximum atomic E-state index is 7.69. The number of hydrogen-bond donors (Lipinski definition) is 2. The highest BCUT2D eigenvalue weighted by molar-refractivity contribution is 5.97. The molecule has 110 valence electrons. The van der Waals surface area contributed by atoms with Crippen LogP contribution in [0.4, 0.5) is 0 Å². The molecule has 0 unspecified atom stereocenters. The summed E-state index contributed by atoms with van der Waals surface area (Å²) in [5.74, 6) is 1.44. The Labute approximate surface area is 126 Å². The van der Waals surface area contributed by atoms with Gasteiger partial charge in [0.1, 0.15) is 17.3 Å². The van der Waals surface area contributed by atoms with Crippen molar-refractivity contribution in [3.05, 3.63) is 59.2 Å². The Balaban J connectivity index is 2.49. The smallest absolute Gasteiger partial charge is 0.138 e. The fourth-order valence-corrected chi connectivity index (χ4v) is 2.23. The van der Waals surface area contributed by atoms with Gasteiger partial charge in [-0.3, -0.25) is 5.41 Å². The summed E-state index contributed by atoms with van der Waals surface area (Å²) in [7, 11) is 0. The van der Waals surface area contributed by atoms with E-state index in [0.29, 0.717) is 11.3 Å². The molecule has 0 saturated carbocycles. The first kappa shape index (κ1) is 15.1. The van der Waals surface area contributed by atoms with E-state index in [4.69, 9.17) is 15.9 Å². The molecule has 21 heavy (non-hydrogen) atoms. The third kappa shape index (κ3) is 3.43. The molecular formula is C18H22N2O. The summed E-state index contributed by atoms with van der Waals surface area (Å²) in [6.07, 6.45) is 0. The maximum absolute atomic E-state index is 7.69. The zero-order valence-electron chi connectivity index (χ0n) is 13.0. The Morgan fingerprint density at radius 3 is 2.33 bits per heavy atom. The predicted octanol–water partition coefficient (Wildman–Crippen LogP) is 4.37. The van der Waals surface area contributed by atoms with Gasteiger partial charge in [0, 0.05) is 5.56 Å². The minimum atomic E-state index is -0.0171. The van der Waals surface area contributed by atoms with Gasteiger partial charge in [0.15, 0.2) is 0 Å². The van der Waals surface area contributed by atoms with E-state index < -0.39 is 0 Å². The van der Waals surface area contributed by atoms with Gasteiger partial charge in [0.05, 0.1) is 5.56 Å². The normalized spacial score (nSPS) is 11.2. The largest absolute Gasteiger partial charge is 0.456 e. The van der Waals surface area contributed by atoms with E-state index >= 15 is 0 Å².